The lowest BCUT2D eigenvalue weighted by atomic mass is 10.3. The molecule has 2 N–H and O–H groups in total. The second-order valence-electron chi connectivity index (χ2n) is 7.60. The van der Waals surface area contributed by atoms with Crippen LogP contribution in [-0.2, 0) is 6.54 Å². The zero-order chi connectivity index (χ0) is 23.2. The lowest BCUT2D eigenvalue weighted by Crippen LogP contribution is -2.45. The van der Waals surface area contributed by atoms with Crippen LogP contribution in [0.3, 0.4) is 0 Å². The maximum absolute atomic E-state index is 12.7. The normalized spacial score (nSPS) is 15.5. The van der Waals surface area contributed by atoms with Crippen molar-refractivity contribution < 1.29 is 17.9 Å². The van der Waals surface area contributed by atoms with Gasteiger partial charge in [0.05, 0.1) is 22.7 Å². The van der Waals surface area contributed by atoms with E-state index >= 15 is 0 Å². The maximum atomic E-state index is 12.7. The van der Waals surface area contributed by atoms with Crippen molar-refractivity contribution in [1.82, 2.24) is 34.4 Å². The Morgan fingerprint density at radius 3 is 2.70 bits per heavy atom. The highest BCUT2D eigenvalue weighted by Crippen LogP contribution is 2.29. The number of benzene rings is 1. The van der Waals surface area contributed by atoms with Crippen molar-refractivity contribution >= 4 is 44.5 Å². The number of para-hydroxylation sites is 1. The van der Waals surface area contributed by atoms with Crippen LogP contribution in [0.15, 0.2) is 28.9 Å². The van der Waals surface area contributed by atoms with Crippen LogP contribution >= 0.6 is 15.9 Å². The Labute approximate surface area is 193 Å². The second kappa shape index (κ2) is 8.33. The first-order chi connectivity index (χ1) is 15.8. The summed E-state index contributed by atoms with van der Waals surface area (Å²) in [6.07, 6.45) is -3.17. The topological polar surface area (TPSA) is 99.5 Å². The number of halogens is 4. The molecule has 14 heteroatoms. The molecule has 0 unspecified atom stereocenters. The molecule has 33 heavy (non-hydrogen) atoms. The largest absolute Gasteiger partial charge is 0.573 e. The molecule has 4 heterocycles. The second-order valence-corrected chi connectivity index (χ2v) is 8.46. The summed E-state index contributed by atoms with van der Waals surface area (Å²) in [5.74, 6) is 1.07. The first-order valence-corrected chi connectivity index (χ1v) is 10.9. The molecule has 0 amide bonds. The molecule has 0 atom stereocenters. The van der Waals surface area contributed by atoms with Gasteiger partial charge in [-0.3, -0.25) is 0 Å². The number of nitrogens with zero attached hydrogens (tertiary/aromatic N) is 7. The number of rotatable bonds is 5. The van der Waals surface area contributed by atoms with Gasteiger partial charge in [0.25, 0.3) is 0 Å². The number of piperazine rings is 1. The van der Waals surface area contributed by atoms with Crippen molar-refractivity contribution in [3.63, 3.8) is 0 Å². The zero-order valence-electron chi connectivity index (χ0n) is 17.4. The highest BCUT2D eigenvalue weighted by Gasteiger charge is 2.32. The van der Waals surface area contributed by atoms with Gasteiger partial charge in [0.2, 0.25) is 11.9 Å². The van der Waals surface area contributed by atoms with Crippen molar-refractivity contribution in [1.29, 1.82) is 0 Å². The van der Waals surface area contributed by atoms with Crippen LogP contribution in [0.1, 0.15) is 5.82 Å². The third-order valence-electron chi connectivity index (χ3n) is 5.26. The molecular formula is C19H19BrF3N9O. The third kappa shape index (κ3) is 4.53. The number of likely N-dealkylation sites (N-methyl/N-ethyl adjacent to an activating group) is 1. The molecule has 0 saturated carbocycles. The highest BCUT2D eigenvalue weighted by atomic mass is 79.9. The number of hydrogen-bond donors (Lipinski definition) is 2. The average Bonchev–Trinajstić information content (AvgIpc) is 3.36. The molecule has 0 spiro atoms. The molecule has 1 aromatic carbocycles. The van der Waals surface area contributed by atoms with Crippen molar-refractivity contribution in [3.05, 3.63) is 34.7 Å². The molecule has 0 aliphatic carbocycles. The smallest absolute Gasteiger partial charge is 0.403 e. The molecule has 10 nitrogen and oxygen atoms in total. The van der Waals surface area contributed by atoms with Gasteiger partial charge in [0, 0.05) is 26.2 Å². The summed E-state index contributed by atoms with van der Waals surface area (Å²) in [4.78, 5) is 20.9. The average molecular weight is 526 g/mol. The lowest BCUT2D eigenvalue weighted by Gasteiger charge is -2.32. The fraction of sp³-hybridized carbons (Fsp3) is 0.368. The van der Waals surface area contributed by atoms with Crippen LogP contribution in [0.4, 0.5) is 25.1 Å². The van der Waals surface area contributed by atoms with E-state index in [4.69, 9.17) is 0 Å². The zero-order valence-corrected chi connectivity index (χ0v) is 19.0. The summed E-state index contributed by atoms with van der Waals surface area (Å²) in [6.45, 7) is 3.57. The molecule has 1 aliphatic heterocycles. The predicted molar refractivity (Wildman–Crippen MR) is 118 cm³/mol. The summed E-state index contributed by atoms with van der Waals surface area (Å²) in [5, 5.41) is 7.47. The van der Waals surface area contributed by atoms with Crippen molar-refractivity contribution in [2.75, 3.05) is 43.4 Å². The Balaban J connectivity index is 1.42. The molecule has 3 aromatic heterocycles. The molecule has 1 aliphatic rings. The quantitative estimate of drug-likeness (QED) is 0.410. The maximum Gasteiger partial charge on any atom is 0.573 e. The van der Waals surface area contributed by atoms with E-state index in [0.717, 1.165) is 30.7 Å². The van der Waals surface area contributed by atoms with E-state index in [1.165, 1.54) is 12.1 Å². The van der Waals surface area contributed by atoms with Crippen molar-refractivity contribution in [2.24, 2.45) is 0 Å². The number of fused-ring (bicyclic) bond motifs is 2. The van der Waals surface area contributed by atoms with Crippen LogP contribution in [-0.4, -0.2) is 74.0 Å². The molecule has 5 rings (SSSR count). The molecule has 4 aromatic rings. The number of nitrogens with one attached hydrogen (secondary N) is 2. The van der Waals surface area contributed by atoms with Gasteiger partial charge >= 0.3 is 6.36 Å². The van der Waals surface area contributed by atoms with Crippen molar-refractivity contribution in [2.45, 2.75) is 12.9 Å². The lowest BCUT2D eigenvalue weighted by molar-refractivity contribution is -0.274. The van der Waals surface area contributed by atoms with Gasteiger partial charge in [-0.15, -0.1) is 13.2 Å². The number of alkyl halides is 3. The predicted octanol–water partition coefficient (Wildman–Crippen LogP) is 3.03. The molecule has 1 fully saturated rings. The summed E-state index contributed by atoms with van der Waals surface area (Å²) in [6, 6.07) is 4.33. The van der Waals surface area contributed by atoms with Crippen LogP contribution in [0, 0.1) is 0 Å². The molecular weight excluding hydrogens is 507 g/mol. The third-order valence-corrected chi connectivity index (χ3v) is 5.82. The van der Waals surface area contributed by atoms with E-state index in [-0.39, 0.29) is 17.8 Å². The van der Waals surface area contributed by atoms with E-state index in [1.807, 2.05) is 0 Å². The first-order valence-electron chi connectivity index (χ1n) is 10.1. The summed E-state index contributed by atoms with van der Waals surface area (Å²) in [7, 11) is 2.07. The molecule has 174 valence electrons. The number of aromatic amines is 1. The van der Waals surface area contributed by atoms with Gasteiger partial charge in [-0.2, -0.15) is 19.6 Å². The Bertz CT molecular complexity index is 1300. The summed E-state index contributed by atoms with van der Waals surface area (Å²) < 4.78 is 44.5. The fourth-order valence-electron chi connectivity index (χ4n) is 3.61. The van der Waals surface area contributed by atoms with Crippen LogP contribution < -0.4 is 15.0 Å². The number of ether oxygens (including phenoxy) is 1. The van der Waals surface area contributed by atoms with E-state index in [9.17, 15) is 13.2 Å². The SMILES string of the molecule is CN1CCN(c2nc(NCc3nc4c(OC(F)(F)F)cccc4[nH]3)n3ncc(Br)c3n2)CC1. The minimum absolute atomic E-state index is 0.0967. The Kier molecular flexibility index (Phi) is 5.48. The van der Waals surface area contributed by atoms with Crippen LogP contribution in [0.2, 0.25) is 0 Å². The molecule has 0 bridgehead atoms. The number of aromatic nitrogens is 6. The molecule has 0 radical (unpaired) electrons. The monoisotopic (exact) mass is 525 g/mol. The van der Waals surface area contributed by atoms with Gasteiger partial charge in [-0.25, -0.2) is 4.98 Å². The Morgan fingerprint density at radius 2 is 1.94 bits per heavy atom. The van der Waals surface area contributed by atoms with Gasteiger partial charge in [0.1, 0.15) is 11.3 Å². The van der Waals surface area contributed by atoms with Gasteiger partial charge < -0.3 is 24.8 Å². The van der Waals surface area contributed by atoms with E-state index in [0.29, 0.717) is 28.9 Å². The highest BCUT2D eigenvalue weighted by molar-refractivity contribution is 9.10. The number of anilines is 2. The van der Waals surface area contributed by atoms with E-state index in [1.54, 1.807) is 16.8 Å². The standard InChI is InChI=1S/C19H19BrF3N9O/c1-30-5-7-31(8-6-30)18-28-16-11(20)9-25-32(16)17(29-18)24-10-14-26-12-3-2-4-13(15(12)27-14)33-19(21,22)23/h2-4,9H,5-8,10H2,1H3,(H,26,27)(H,24,28,29). The fourth-order valence-corrected chi connectivity index (χ4v) is 3.96. The number of H-pyrrole nitrogens is 1. The Hall–Kier alpha value is -3.13. The minimum Gasteiger partial charge on any atom is -0.403 e. The van der Waals surface area contributed by atoms with Gasteiger partial charge in [-0.05, 0) is 35.1 Å². The summed E-state index contributed by atoms with van der Waals surface area (Å²) >= 11 is 3.47. The summed E-state index contributed by atoms with van der Waals surface area (Å²) in [5.41, 5.74) is 1.13. The van der Waals surface area contributed by atoms with E-state index in [2.05, 4.69) is 67.9 Å². The first kappa shape index (κ1) is 21.7. The molecule has 1 saturated heterocycles. The Morgan fingerprint density at radius 1 is 1.15 bits per heavy atom. The number of imidazole rings is 1. The van der Waals surface area contributed by atoms with Crippen LogP contribution in [0.5, 0.6) is 5.75 Å². The van der Waals surface area contributed by atoms with Gasteiger partial charge in [0.15, 0.2) is 11.4 Å². The number of hydrogen-bond acceptors (Lipinski definition) is 8. The van der Waals surface area contributed by atoms with Gasteiger partial charge in [-0.1, -0.05) is 6.07 Å². The van der Waals surface area contributed by atoms with Crippen molar-refractivity contribution in [3.8, 4) is 5.75 Å². The minimum atomic E-state index is -4.80. The van der Waals surface area contributed by atoms with E-state index < -0.39 is 6.36 Å². The van der Waals surface area contributed by atoms with Crippen LogP contribution in [0.25, 0.3) is 16.7 Å².